The maximum atomic E-state index is 13.3. The van der Waals surface area contributed by atoms with Gasteiger partial charge in [0.05, 0.1) is 0 Å². The Bertz CT molecular complexity index is 715. The minimum absolute atomic E-state index is 0.0476. The highest BCUT2D eigenvalue weighted by molar-refractivity contribution is 5.85. The van der Waals surface area contributed by atoms with Crippen LogP contribution in [0.1, 0.15) is 38.4 Å². The Kier molecular flexibility index (Phi) is 3.59. The first kappa shape index (κ1) is 14.9. The van der Waals surface area contributed by atoms with Gasteiger partial charge >= 0.3 is 6.09 Å². The van der Waals surface area contributed by atoms with Gasteiger partial charge in [0.25, 0.3) is 0 Å². The summed E-state index contributed by atoms with van der Waals surface area (Å²) in [6.45, 7) is 5.54. The highest BCUT2D eigenvalue weighted by atomic mass is 19.1. The molecule has 4 nitrogen and oxygen atoms in total. The van der Waals surface area contributed by atoms with Crippen molar-refractivity contribution in [1.82, 2.24) is 10.3 Å². The second-order valence-corrected chi connectivity index (χ2v) is 6.86. The van der Waals surface area contributed by atoms with Crippen molar-refractivity contribution in [2.24, 2.45) is 0 Å². The Labute approximate surface area is 129 Å². The average molecular weight is 304 g/mol. The number of rotatable bonds is 1. The number of ether oxygens (including phenoxy) is 1. The number of fused-ring (bicyclic) bond motifs is 3. The number of carbonyl (C=O) groups excluding carboxylic acids is 1. The molecular formula is C17H21FN2O2. The number of hydrogen-bond acceptors (Lipinski definition) is 2. The van der Waals surface area contributed by atoms with Crippen molar-refractivity contribution in [3.63, 3.8) is 0 Å². The second kappa shape index (κ2) is 5.30. The Balaban J connectivity index is 1.76. The van der Waals surface area contributed by atoms with Gasteiger partial charge in [0.2, 0.25) is 0 Å². The maximum Gasteiger partial charge on any atom is 0.407 e. The zero-order valence-electron chi connectivity index (χ0n) is 13.1. The van der Waals surface area contributed by atoms with Gasteiger partial charge in [-0.2, -0.15) is 0 Å². The number of carbonyl (C=O) groups is 1. The quantitative estimate of drug-likeness (QED) is 0.844. The van der Waals surface area contributed by atoms with Crippen molar-refractivity contribution >= 4 is 17.0 Å². The molecule has 0 bridgehead atoms. The molecule has 1 heterocycles. The van der Waals surface area contributed by atoms with Gasteiger partial charge in [-0.1, -0.05) is 0 Å². The molecule has 1 amide bonds. The zero-order valence-corrected chi connectivity index (χ0v) is 13.1. The molecule has 1 aromatic carbocycles. The minimum atomic E-state index is -0.498. The van der Waals surface area contributed by atoms with Crippen LogP contribution in [0.2, 0.25) is 0 Å². The molecule has 2 aromatic rings. The molecule has 22 heavy (non-hydrogen) atoms. The molecule has 118 valence electrons. The monoisotopic (exact) mass is 304 g/mol. The van der Waals surface area contributed by atoms with E-state index in [1.165, 1.54) is 17.7 Å². The van der Waals surface area contributed by atoms with Crippen LogP contribution in [0, 0.1) is 5.82 Å². The standard InChI is InChI=1S/C17H21FN2O2/c1-17(2,3)22-16(21)19-11-5-7-14-13(9-11)12-6-4-10(18)8-15(12)20-14/h4,6,8,11,20H,5,7,9H2,1-3H3,(H,19,21). The summed E-state index contributed by atoms with van der Waals surface area (Å²) < 4.78 is 18.6. The van der Waals surface area contributed by atoms with E-state index in [0.29, 0.717) is 0 Å². The van der Waals surface area contributed by atoms with Crippen molar-refractivity contribution in [3.05, 3.63) is 35.3 Å². The SMILES string of the molecule is CC(C)(C)OC(=O)NC1CCc2[nH]c3cc(F)ccc3c2C1. The van der Waals surface area contributed by atoms with E-state index in [4.69, 9.17) is 4.74 Å². The second-order valence-electron chi connectivity index (χ2n) is 6.86. The van der Waals surface area contributed by atoms with Crippen molar-refractivity contribution in [2.75, 3.05) is 0 Å². The van der Waals surface area contributed by atoms with Crippen LogP contribution in [0.4, 0.5) is 9.18 Å². The highest BCUT2D eigenvalue weighted by Gasteiger charge is 2.25. The number of nitrogens with one attached hydrogen (secondary N) is 2. The Hall–Kier alpha value is -2.04. The Morgan fingerprint density at radius 2 is 2.18 bits per heavy atom. The largest absolute Gasteiger partial charge is 0.444 e. The fourth-order valence-electron chi connectivity index (χ4n) is 2.99. The normalized spacial score (nSPS) is 18.1. The van der Waals surface area contributed by atoms with Gasteiger partial charge in [-0.25, -0.2) is 9.18 Å². The topological polar surface area (TPSA) is 54.1 Å². The summed E-state index contributed by atoms with van der Waals surface area (Å²) >= 11 is 0. The molecule has 3 rings (SSSR count). The van der Waals surface area contributed by atoms with Gasteiger partial charge in [-0.05, 0) is 63.8 Å². The molecule has 0 saturated carbocycles. The van der Waals surface area contributed by atoms with E-state index in [0.717, 1.165) is 35.9 Å². The fourth-order valence-corrected chi connectivity index (χ4v) is 2.99. The lowest BCUT2D eigenvalue weighted by atomic mass is 9.91. The first-order valence-corrected chi connectivity index (χ1v) is 7.60. The predicted molar refractivity (Wildman–Crippen MR) is 83.4 cm³/mol. The third-order valence-electron chi connectivity index (χ3n) is 3.87. The summed E-state index contributed by atoms with van der Waals surface area (Å²) in [4.78, 5) is 15.2. The van der Waals surface area contributed by atoms with Crippen LogP contribution in [-0.4, -0.2) is 22.7 Å². The molecule has 1 aromatic heterocycles. The number of alkyl carbamates (subject to hydrolysis) is 1. The van der Waals surface area contributed by atoms with Crippen molar-refractivity contribution in [3.8, 4) is 0 Å². The average Bonchev–Trinajstić information content (AvgIpc) is 2.73. The van der Waals surface area contributed by atoms with Crippen molar-refractivity contribution < 1.29 is 13.9 Å². The third kappa shape index (κ3) is 3.08. The van der Waals surface area contributed by atoms with Crippen LogP contribution in [-0.2, 0) is 17.6 Å². The van der Waals surface area contributed by atoms with Crippen LogP contribution in [0.5, 0.6) is 0 Å². The molecule has 5 heteroatoms. The molecular weight excluding hydrogens is 283 g/mol. The molecule has 1 aliphatic carbocycles. The van der Waals surface area contributed by atoms with E-state index in [1.54, 1.807) is 6.07 Å². The van der Waals surface area contributed by atoms with Gasteiger partial charge < -0.3 is 15.0 Å². The van der Waals surface area contributed by atoms with E-state index in [9.17, 15) is 9.18 Å². The molecule has 0 spiro atoms. The first-order chi connectivity index (χ1) is 10.3. The van der Waals surface area contributed by atoms with Gasteiger partial charge in [-0.3, -0.25) is 0 Å². The van der Waals surface area contributed by atoms with Crippen LogP contribution in [0.3, 0.4) is 0 Å². The molecule has 1 unspecified atom stereocenters. The smallest absolute Gasteiger partial charge is 0.407 e. The number of aryl methyl sites for hydroxylation is 1. The molecule has 0 radical (unpaired) electrons. The summed E-state index contributed by atoms with van der Waals surface area (Å²) in [5.41, 5.74) is 2.63. The van der Waals surface area contributed by atoms with Crippen LogP contribution in [0.25, 0.3) is 10.9 Å². The number of benzene rings is 1. The number of hydrogen-bond donors (Lipinski definition) is 2. The summed E-state index contributed by atoms with van der Waals surface area (Å²) in [6, 6.07) is 4.84. The van der Waals surface area contributed by atoms with Gasteiger partial charge in [0.15, 0.2) is 0 Å². The molecule has 0 fully saturated rings. The third-order valence-corrected chi connectivity index (χ3v) is 3.87. The molecule has 1 atom stereocenters. The van der Waals surface area contributed by atoms with Crippen LogP contribution in [0.15, 0.2) is 18.2 Å². The maximum absolute atomic E-state index is 13.3. The summed E-state index contributed by atoms with van der Waals surface area (Å²) in [7, 11) is 0. The lowest BCUT2D eigenvalue weighted by Gasteiger charge is -2.26. The van der Waals surface area contributed by atoms with E-state index < -0.39 is 5.60 Å². The van der Waals surface area contributed by atoms with Gasteiger partial charge in [0.1, 0.15) is 11.4 Å². The number of aromatic amines is 1. The molecule has 0 saturated heterocycles. The van der Waals surface area contributed by atoms with Gasteiger partial charge in [-0.15, -0.1) is 0 Å². The number of H-pyrrole nitrogens is 1. The Morgan fingerprint density at radius 1 is 1.41 bits per heavy atom. The lowest BCUT2D eigenvalue weighted by molar-refractivity contribution is 0.0500. The van der Waals surface area contributed by atoms with Crippen molar-refractivity contribution in [2.45, 2.75) is 51.7 Å². The molecule has 0 aliphatic heterocycles. The zero-order chi connectivity index (χ0) is 15.9. The number of halogens is 1. The summed E-state index contributed by atoms with van der Waals surface area (Å²) in [6.07, 6.45) is 2.04. The number of aromatic nitrogens is 1. The van der Waals surface area contributed by atoms with E-state index in [1.807, 2.05) is 20.8 Å². The molecule has 1 aliphatic rings. The molecule has 2 N–H and O–H groups in total. The van der Waals surface area contributed by atoms with Gasteiger partial charge in [0, 0.05) is 22.6 Å². The summed E-state index contributed by atoms with van der Waals surface area (Å²) in [5, 5.41) is 3.97. The fraction of sp³-hybridized carbons (Fsp3) is 0.471. The summed E-state index contributed by atoms with van der Waals surface area (Å²) in [5.74, 6) is -0.241. The minimum Gasteiger partial charge on any atom is -0.444 e. The highest BCUT2D eigenvalue weighted by Crippen LogP contribution is 2.29. The first-order valence-electron chi connectivity index (χ1n) is 7.60. The van der Waals surface area contributed by atoms with E-state index in [-0.39, 0.29) is 18.0 Å². The Morgan fingerprint density at radius 3 is 2.91 bits per heavy atom. The van der Waals surface area contributed by atoms with Crippen LogP contribution >= 0.6 is 0 Å². The predicted octanol–water partition coefficient (Wildman–Crippen LogP) is 3.69. The van der Waals surface area contributed by atoms with E-state index >= 15 is 0 Å². The van der Waals surface area contributed by atoms with E-state index in [2.05, 4.69) is 10.3 Å². The lowest BCUT2D eigenvalue weighted by Crippen LogP contribution is -2.41. The number of amides is 1. The van der Waals surface area contributed by atoms with Crippen LogP contribution < -0.4 is 5.32 Å². The van der Waals surface area contributed by atoms with Crippen molar-refractivity contribution in [1.29, 1.82) is 0 Å².